The first-order valence-electron chi connectivity index (χ1n) is 6.78. The molecule has 0 aliphatic heterocycles. The van der Waals surface area contributed by atoms with Crippen LogP contribution in [0.5, 0.6) is 11.5 Å². The fourth-order valence-corrected chi connectivity index (χ4v) is 2.36. The Balaban J connectivity index is 2.23. The molecular formula is C15H22N2O3. The maximum absolute atomic E-state index is 12.5. The van der Waals surface area contributed by atoms with Crippen molar-refractivity contribution in [3.05, 3.63) is 23.8 Å². The molecule has 3 N–H and O–H groups in total. The zero-order valence-corrected chi connectivity index (χ0v) is 12.2. The Kier molecular flexibility index (Phi) is 4.18. The van der Waals surface area contributed by atoms with Gasteiger partial charge in [0.05, 0.1) is 25.3 Å². The molecule has 1 aliphatic carbocycles. The summed E-state index contributed by atoms with van der Waals surface area (Å²) in [4.78, 5) is 12.5. The lowest BCUT2D eigenvalue weighted by Crippen LogP contribution is -2.53. The van der Waals surface area contributed by atoms with Crippen LogP contribution in [0.2, 0.25) is 0 Å². The van der Waals surface area contributed by atoms with Gasteiger partial charge in [0.2, 0.25) is 0 Å². The number of rotatable bonds is 6. The molecule has 0 bridgehead atoms. The van der Waals surface area contributed by atoms with E-state index in [2.05, 4.69) is 5.32 Å². The highest BCUT2D eigenvalue weighted by atomic mass is 16.5. The van der Waals surface area contributed by atoms with Gasteiger partial charge in [-0.3, -0.25) is 4.79 Å². The summed E-state index contributed by atoms with van der Waals surface area (Å²) >= 11 is 0. The summed E-state index contributed by atoms with van der Waals surface area (Å²) in [6, 6.07) is 5.17. The Morgan fingerprint density at radius 1 is 1.40 bits per heavy atom. The second-order valence-corrected chi connectivity index (χ2v) is 5.42. The van der Waals surface area contributed by atoms with Crippen molar-refractivity contribution in [2.45, 2.75) is 25.3 Å². The molecule has 1 atom stereocenters. The van der Waals surface area contributed by atoms with Crippen molar-refractivity contribution < 1.29 is 14.3 Å². The smallest absolute Gasteiger partial charge is 0.255 e. The van der Waals surface area contributed by atoms with E-state index in [1.807, 2.05) is 6.92 Å². The molecule has 2 rings (SSSR count). The minimum atomic E-state index is -0.356. The second kappa shape index (κ2) is 5.71. The average Bonchev–Trinajstić information content (AvgIpc) is 3.31. The molecule has 0 heterocycles. The number of nitrogens with two attached hydrogens (primary N) is 1. The van der Waals surface area contributed by atoms with Gasteiger partial charge in [-0.15, -0.1) is 0 Å². The van der Waals surface area contributed by atoms with Crippen LogP contribution in [0.15, 0.2) is 18.2 Å². The zero-order valence-electron chi connectivity index (χ0n) is 12.2. The van der Waals surface area contributed by atoms with Gasteiger partial charge in [0, 0.05) is 6.54 Å². The highest BCUT2D eigenvalue weighted by Crippen LogP contribution is 2.39. The first kappa shape index (κ1) is 14.7. The molecule has 1 saturated carbocycles. The van der Waals surface area contributed by atoms with E-state index in [-0.39, 0.29) is 11.4 Å². The monoisotopic (exact) mass is 278 g/mol. The van der Waals surface area contributed by atoms with Crippen LogP contribution in [0.1, 0.15) is 30.1 Å². The van der Waals surface area contributed by atoms with Gasteiger partial charge in [-0.1, -0.05) is 0 Å². The third kappa shape index (κ3) is 2.88. The Labute approximate surface area is 119 Å². The van der Waals surface area contributed by atoms with E-state index in [4.69, 9.17) is 15.2 Å². The van der Waals surface area contributed by atoms with Crippen LogP contribution in [-0.2, 0) is 0 Å². The zero-order chi connectivity index (χ0) is 14.8. The number of nitrogens with one attached hydrogen (secondary N) is 1. The Morgan fingerprint density at radius 2 is 2.10 bits per heavy atom. The summed E-state index contributed by atoms with van der Waals surface area (Å²) in [5.74, 6) is 1.43. The van der Waals surface area contributed by atoms with Crippen molar-refractivity contribution in [3.8, 4) is 11.5 Å². The molecule has 110 valence electrons. The predicted octanol–water partition coefficient (Wildman–Crippen LogP) is 1.56. The number of amides is 1. The second-order valence-electron chi connectivity index (χ2n) is 5.42. The summed E-state index contributed by atoms with van der Waals surface area (Å²) in [5.41, 5.74) is 5.94. The Hall–Kier alpha value is -1.75. The first-order valence-corrected chi connectivity index (χ1v) is 6.78. The van der Waals surface area contributed by atoms with E-state index in [1.165, 1.54) is 0 Å². The first-order chi connectivity index (χ1) is 9.54. The maximum atomic E-state index is 12.5. The van der Waals surface area contributed by atoms with Gasteiger partial charge in [0.15, 0.2) is 0 Å². The molecule has 0 saturated heterocycles. The molecule has 5 nitrogen and oxygen atoms in total. The topological polar surface area (TPSA) is 73.6 Å². The fraction of sp³-hybridized carbons (Fsp3) is 0.533. The van der Waals surface area contributed by atoms with E-state index in [1.54, 1.807) is 32.4 Å². The molecule has 1 aliphatic rings. The van der Waals surface area contributed by atoms with Crippen molar-refractivity contribution >= 4 is 5.91 Å². The Bertz CT molecular complexity index is 500. The van der Waals surface area contributed by atoms with Gasteiger partial charge >= 0.3 is 0 Å². The van der Waals surface area contributed by atoms with Gasteiger partial charge in [-0.05, 0) is 43.9 Å². The number of ether oxygens (including phenoxy) is 2. The third-order valence-corrected chi connectivity index (χ3v) is 3.95. The van der Waals surface area contributed by atoms with Gasteiger partial charge in [-0.2, -0.15) is 0 Å². The lowest BCUT2D eigenvalue weighted by atomic mass is 9.95. The molecule has 1 aromatic rings. The van der Waals surface area contributed by atoms with Crippen LogP contribution in [-0.4, -0.2) is 32.2 Å². The van der Waals surface area contributed by atoms with Crippen molar-refractivity contribution in [1.29, 1.82) is 0 Å². The van der Waals surface area contributed by atoms with E-state index < -0.39 is 0 Å². The van der Waals surface area contributed by atoms with Crippen LogP contribution in [0.4, 0.5) is 0 Å². The van der Waals surface area contributed by atoms with Crippen molar-refractivity contribution in [2.24, 2.45) is 11.7 Å². The minimum absolute atomic E-state index is 0.180. The number of carbonyl (C=O) groups is 1. The summed E-state index contributed by atoms with van der Waals surface area (Å²) in [6.45, 7) is 2.42. The molecular weight excluding hydrogens is 256 g/mol. The molecule has 20 heavy (non-hydrogen) atoms. The highest BCUT2D eigenvalue weighted by molar-refractivity contribution is 5.97. The summed E-state index contributed by atoms with van der Waals surface area (Å²) in [5, 5.41) is 3.05. The summed E-state index contributed by atoms with van der Waals surface area (Å²) in [6.07, 6.45) is 2.23. The summed E-state index contributed by atoms with van der Waals surface area (Å²) in [7, 11) is 3.11. The van der Waals surface area contributed by atoms with Gasteiger partial charge < -0.3 is 20.5 Å². The van der Waals surface area contributed by atoms with Gasteiger partial charge in [-0.25, -0.2) is 0 Å². The molecule has 1 amide bonds. The van der Waals surface area contributed by atoms with Crippen molar-refractivity contribution in [1.82, 2.24) is 5.32 Å². The standard InChI is InChI=1S/C15H22N2O3/c1-15(9-16,10-4-5-10)17-14(18)12-8-11(19-2)6-7-13(12)20-3/h6-8,10H,4-5,9,16H2,1-3H3,(H,17,18). The van der Waals surface area contributed by atoms with Crippen LogP contribution < -0.4 is 20.5 Å². The van der Waals surface area contributed by atoms with Crippen LogP contribution >= 0.6 is 0 Å². The number of carbonyl (C=O) groups excluding carboxylic acids is 1. The molecule has 1 unspecified atom stereocenters. The number of methoxy groups -OCH3 is 2. The van der Waals surface area contributed by atoms with Crippen molar-refractivity contribution in [3.63, 3.8) is 0 Å². The number of hydrogen-bond acceptors (Lipinski definition) is 4. The molecule has 0 spiro atoms. The number of benzene rings is 1. The van der Waals surface area contributed by atoms with Crippen LogP contribution in [0.25, 0.3) is 0 Å². The van der Waals surface area contributed by atoms with Gasteiger partial charge in [0.1, 0.15) is 11.5 Å². The molecule has 1 fully saturated rings. The van der Waals surface area contributed by atoms with E-state index >= 15 is 0 Å². The van der Waals surface area contributed by atoms with Crippen LogP contribution in [0, 0.1) is 5.92 Å². The lowest BCUT2D eigenvalue weighted by Gasteiger charge is -2.29. The SMILES string of the molecule is COc1ccc(OC)c(C(=O)NC(C)(CN)C2CC2)c1. The normalized spacial score (nSPS) is 17.2. The largest absolute Gasteiger partial charge is 0.497 e. The van der Waals surface area contributed by atoms with E-state index in [0.29, 0.717) is 29.5 Å². The lowest BCUT2D eigenvalue weighted by molar-refractivity contribution is 0.0894. The minimum Gasteiger partial charge on any atom is -0.497 e. The molecule has 1 aromatic carbocycles. The fourth-order valence-electron chi connectivity index (χ4n) is 2.36. The maximum Gasteiger partial charge on any atom is 0.255 e. The number of hydrogen-bond donors (Lipinski definition) is 2. The highest BCUT2D eigenvalue weighted by Gasteiger charge is 2.41. The molecule has 0 radical (unpaired) electrons. The quantitative estimate of drug-likeness (QED) is 0.828. The molecule has 5 heteroatoms. The summed E-state index contributed by atoms with van der Waals surface area (Å²) < 4.78 is 10.4. The van der Waals surface area contributed by atoms with E-state index in [0.717, 1.165) is 12.8 Å². The molecule has 0 aromatic heterocycles. The van der Waals surface area contributed by atoms with Gasteiger partial charge in [0.25, 0.3) is 5.91 Å². The Morgan fingerprint density at radius 3 is 2.60 bits per heavy atom. The average molecular weight is 278 g/mol. The van der Waals surface area contributed by atoms with Crippen LogP contribution in [0.3, 0.4) is 0 Å². The van der Waals surface area contributed by atoms with E-state index in [9.17, 15) is 4.79 Å². The third-order valence-electron chi connectivity index (χ3n) is 3.95. The van der Waals surface area contributed by atoms with Crippen molar-refractivity contribution in [2.75, 3.05) is 20.8 Å². The predicted molar refractivity (Wildman–Crippen MR) is 77.2 cm³/mol.